The van der Waals surface area contributed by atoms with E-state index in [1.54, 1.807) is 0 Å². The number of amides is 3. The lowest BCUT2D eigenvalue weighted by molar-refractivity contribution is -0.140. The normalized spacial score (nSPS) is 15.6. The van der Waals surface area contributed by atoms with Gasteiger partial charge in [0.15, 0.2) is 0 Å². The third-order valence-corrected chi connectivity index (χ3v) is 1.48. The van der Waals surface area contributed by atoms with E-state index in [-0.39, 0.29) is 12.5 Å². The monoisotopic (exact) mass is 168 g/mol. The average molecular weight is 168 g/mol. The molecular weight excluding hydrogens is 160 g/mol. The zero-order valence-electron chi connectivity index (χ0n) is 6.53. The predicted octanol–water partition coefficient (Wildman–Crippen LogP) is -1.34. The maximum Gasteiger partial charge on any atom is 0.254 e. The minimum absolute atomic E-state index is 0.207. The summed E-state index contributed by atoms with van der Waals surface area (Å²) in [5.41, 5.74) is 0. The van der Waals surface area contributed by atoms with E-state index in [1.165, 1.54) is 7.05 Å². The SMILES string of the molecule is CNC(=O)CN1C(=O)C=CC1=O. The van der Waals surface area contributed by atoms with Gasteiger partial charge in [-0.3, -0.25) is 19.3 Å². The first kappa shape index (κ1) is 8.45. The third-order valence-electron chi connectivity index (χ3n) is 1.48. The van der Waals surface area contributed by atoms with Crippen LogP contribution in [0.3, 0.4) is 0 Å². The molecule has 0 saturated carbocycles. The summed E-state index contributed by atoms with van der Waals surface area (Å²) in [6.45, 7) is -0.207. The molecule has 1 rings (SSSR count). The Morgan fingerprint density at radius 1 is 1.42 bits per heavy atom. The molecule has 64 valence electrons. The highest BCUT2D eigenvalue weighted by Crippen LogP contribution is 2.01. The summed E-state index contributed by atoms with van der Waals surface area (Å²) < 4.78 is 0. The van der Waals surface area contributed by atoms with Gasteiger partial charge in [-0.25, -0.2) is 0 Å². The van der Waals surface area contributed by atoms with Crippen LogP contribution in [0.15, 0.2) is 12.2 Å². The Labute approximate surface area is 69.0 Å². The van der Waals surface area contributed by atoms with Gasteiger partial charge in [0.2, 0.25) is 5.91 Å². The number of imide groups is 1. The van der Waals surface area contributed by atoms with E-state index in [0.29, 0.717) is 0 Å². The van der Waals surface area contributed by atoms with E-state index in [2.05, 4.69) is 5.32 Å². The first-order valence-corrected chi connectivity index (χ1v) is 3.39. The molecule has 5 nitrogen and oxygen atoms in total. The van der Waals surface area contributed by atoms with Gasteiger partial charge in [-0.2, -0.15) is 0 Å². The second-order valence-corrected chi connectivity index (χ2v) is 2.27. The van der Waals surface area contributed by atoms with Gasteiger partial charge < -0.3 is 5.32 Å². The van der Waals surface area contributed by atoms with E-state index in [1.807, 2.05) is 0 Å². The van der Waals surface area contributed by atoms with Gasteiger partial charge in [-0.1, -0.05) is 0 Å². The highest BCUT2D eigenvalue weighted by atomic mass is 16.2. The number of likely N-dealkylation sites (N-methyl/N-ethyl adjacent to an activating group) is 1. The van der Waals surface area contributed by atoms with Crippen LogP contribution in [0.1, 0.15) is 0 Å². The first-order chi connectivity index (χ1) is 5.65. The van der Waals surface area contributed by atoms with Crippen molar-refractivity contribution in [2.75, 3.05) is 13.6 Å². The third kappa shape index (κ3) is 1.50. The topological polar surface area (TPSA) is 66.5 Å². The van der Waals surface area contributed by atoms with Gasteiger partial charge in [0.25, 0.3) is 11.8 Å². The Hall–Kier alpha value is -1.65. The average Bonchev–Trinajstić information content (AvgIpc) is 2.35. The molecule has 1 aliphatic heterocycles. The summed E-state index contributed by atoms with van der Waals surface area (Å²) in [6.07, 6.45) is 2.29. The standard InChI is InChI=1S/C7H8N2O3/c1-8-5(10)4-9-6(11)2-3-7(9)12/h2-3H,4H2,1H3,(H,8,10). The van der Waals surface area contributed by atoms with Crippen molar-refractivity contribution >= 4 is 17.7 Å². The maximum atomic E-state index is 10.9. The van der Waals surface area contributed by atoms with E-state index in [4.69, 9.17) is 0 Å². The van der Waals surface area contributed by atoms with Crippen molar-refractivity contribution in [2.45, 2.75) is 0 Å². The molecule has 0 aromatic carbocycles. The highest BCUT2D eigenvalue weighted by Gasteiger charge is 2.24. The molecular formula is C7H8N2O3. The smallest absolute Gasteiger partial charge is 0.254 e. The molecule has 0 spiro atoms. The molecule has 0 atom stereocenters. The zero-order chi connectivity index (χ0) is 9.14. The van der Waals surface area contributed by atoms with Crippen molar-refractivity contribution in [3.05, 3.63) is 12.2 Å². The highest BCUT2D eigenvalue weighted by molar-refractivity contribution is 6.14. The van der Waals surface area contributed by atoms with Crippen molar-refractivity contribution in [2.24, 2.45) is 0 Å². The molecule has 0 radical (unpaired) electrons. The summed E-state index contributed by atoms with van der Waals surface area (Å²) in [5, 5.41) is 2.32. The van der Waals surface area contributed by atoms with Crippen LogP contribution in [0.4, 0.5) is 0 Å². The lowest BCUT2D eigenvalue weighted by Gasteiger charge is -2.11. The maximum absolute atomic E-state index is 10.9. The molecule has 0 fully saturated rings. The quantitative estimate of drug-likeness (QED) is 0.519. The number of hydrogen-bond donors (Lipinski definition) is 1. The van der Waals surface area contributed by atoms with Crippen molar-refractivity contribution in [1.82, 2.24) is 10.2 Å². The Balaban J connectivity index is 2.59. The number of hydrogen-bond acceptors (Lipinski definition) is 3. The van der Waals surface area contributed by atoms with E-state index in [9.17, 15) is 14.4 Å². The molecule has 0 aliphatic carbocycles. The fourth-order valence-electron chi connectivity index (χ4n) is 0.810. The second-order valence-electron chi connectivity index (χ2n) is 2.27. The van der Waals surface area contributed by atoms with Crippen molar-refractivity contribution in [3.63, 3.8) is 0 Å². The van der Waals surface area contributed by atoms with Gasteiger partial charge in [0.1, 0.15) is 6.54 Å². The molecule has 1 N–H and O–H groups in total. The van der Waals surface area contributed by atoms with Crippen LogP contribution >= 0.6 is 0 Å². The molecule has 0 aromatic heterocycles. The van der Waals surface area contributed by atoms with Crippen molar-refractivity contribution in [3.8, 4) is 0 Å². The fourth-order valence-corrected chi connectivity index (χ4v) is 0.810. The van der Waals surface area contributed by atoms with E-state index in [0.717, 1.165) is 17.1 Å². The van der Waals surface area contributed by atoms with Crippen molar-refractivity contribution < 1.29 is 14.4 Å². The Kier molecular flexibility index (Phi) is 2.23. The molecule has 0 aromatic rings. The molecule has 0 unspecified atom stereocenters. The minimum Gasteiger partial charge on any atom is -0.358 e. The summed E-state index contributed by atoms with van der Waals surface area (Å²) in [5.74, 6) is -1.24. The summed E-state index contributed by atoms with van der Waals surface area (Å²) >= 11 is 0. The van der Waals surface area contributed by atoms with E-state index >= 15 is 0 Å². The van der Waals surface area contributed by atoms with Crippen LogP contribution in [-0.4, -0.2) is 36.2 Å². The Morgan fingerprint density at radius 3 is 2.33 bits per heavy atom. The first-order valence-electron chi connectivity index (χ1n) is 3.39. The van der Waals surface area contributed by atoms with Gasteiger partial charge in [0.05, 0.1) is 0 Å². The van der Waals surface area contributed by atoms with E-state index < -0.39 is 11.8 Å². The van der Waals surface area contributed by atoms with Crippen molar-refractivity contribution in [1.29, 1.82) is 0 Å². The number of carbonyl (C=O) groups excluding carboxylic acids is 3. The zero-order valence-corrected chi connectivity index (χ0v) is 6.53. The molecule has 1 heterocycles. The minimum atomic E-state index is -0.441. The lowest BCUT2D eigenvalue weighted by atomic mass is 10.5. The fraction of sp³-hybridized carbons (Fsp3) is 0.286. The largest absolute Gasteiger partial charge is 0.358 e. The molecule has 3 amide bonds. The van der Waals surface area contributed by atoms with Crippen LogP contribution in [0, 0.1) is 0 Å². The molecule has 0 bridgehead atoms. The van der Waals surface area contributed by atoms with Crippen LogP contribution < -0.4 is 5.32 Å². The lowest BCUT2D eigenvalue weighted by Crippen LogP contribution is -2.39. The van der Waals surface area contributed by atoms with Gasteiger partial charge in [-0.05, 0) is 0 Å². The van der Waals surface area contributed by atoms with Gasteiger partial charge in [-0.15, -0.1) is 0 Å². The van der Waals surface area contributed by atoms with Crippen LogP contribution in [0.25, 0.3) is 0 Å². The Morgan fingerprint density at radius 2 is 1.92 bits per heavy atom. The van der Waals surface area contributed by atoms with Gasteiger partial charge in [0, 0.05) is 19.2 Å². The molecule has 1 aliphatic rings. The van der Waals surface area contributed by atoms with Crippen LogP contribution in [0.2, 0.25) is 0 Å². The number of rotatable bonds is 2. The van der Waals surface area contributed by atoms with Gasteiger partial charge >= 0.3 is 0 Å². The Bertz CT molecular complexity index is 252. The predicted molar refractivity (Wildman–Crippen MR) is 39.9 cm³/mol. The summed E-state index contributed by atoms with van der Waals surface area (Å²) in [4.78, 5) is 33.4. The summed E-state index contributed by atoms with van der Waals surface area (Å²) in [7, 11) is 1.45. The molecule has 0 saturated heterocycles. The molecule has 12 heavy (non-hydrogen) atoms. The second kappa shape index (κ2) is 3.17. The van der Waals surface area contributed by atoms with Crippen LogP contribution in [-0.2, 0) is 14.4 Å². The number of nitrogens with one attached hydrogen (secondary N) is 1. The summed E-state index contributed by atoms with van der Waals surface area (Å²) in [6, 6.07) is 0. The molecule has 5 heteroatoms. The number of nitrogens with zero attached hydrogens (tertiary/aromatic N) is 1. The number of carbonyl (C=O) groups is 3. The van der Waals surface area contributed by atoms with Crippen LogP contribution in [0.5, 0.6) is 0 Å².